The summed E-state index contributed by atoms with van der Waals surface area (Å²) in [4.78, 5) is 16.6. The van der Waals surface area contributed by atoms with Crippen LogP contribution >= 0.6 is 0 Å². The maximum absolute atomic E-state index is 12.9. The smallest absolute Gasteiger partial charge is 0.267 e. The summed E-state index contributed by atoms with van der Waals surface area (Å²) < 4.78 is 12.9. The van der Waals surface area contributed by atoms with Crippen LogP contribution in [0.5, 0.6) is 0 Å². The Hall–Kier alpha value is -3.17. The Bertz CT molecular complexity index is 835. The van der Waals surface area contributed by atoms with Gasteiger partial charge in [-0.05, 0) is 29.8 Å². The average molecular weight is 364 g/mol. The molecule has 3 rings (SSSR count). The third-order valence-electron chi connectivity index (χ3n) is 4.43. The van der Waals surface area contributed by atoms with E-state index < -0.39 is 5.91 Å². The van der Waals surface area contributed by atoms with Crippen molar-refractivity contribution in [3.8, 4) is 6.07 Å². The minimum absolute atomic E-state index is 0.0378. The minimum atomic E-state index is -0.490. The van der Waals surface area contributed by atoms with E-state index in [9.17, 15) is 14.4 Å². The molecule has 2 aromatic carbocycles. The van der Waals surface area contributed by atoms with E-state index in [0.717, 1.165) is 32.7 Å². The lowest BCUT2D eigenvalue weighted by Crippen LogP contribution is -2.43. The van der Waals surface area contributed by atoms with Gasteiger partial charge in [-0.25, -0.2) is 4.39 Å². The molecule has 1 aliphatic rings. The van der Waals surface area contributed by atoms with Gasteiger partial charge < -0.3 is 10.2 Å². The number of rotatable bonds is 5. The van der Waals surface area contributed by atoms with Crippen molar-refractivity contribution in [1.29, 1.82) is 5.26 Å². The molecule has 1 saturated heterocycles. The summed E-state index contributed by atoms with van der Waals surface area (Å²) in [6.45, 7) is 4.13. The van der Waals surface area contributed by atoms with Gasteiger partial charge in [-0.2, -0.15) is 5.26 Å². The molecule has 1 heterocycles. The highest BCUT2D eigenvalue weighted by atomic mass is 19.1. The maximum Gasteiger partial charge on any atom is 0.267 e. The Labute approximate surface area is 158 Å². The van der Waals surface area contributed by atoms with Gasteiger partial charge in [-0.3, -0.25) is 9.69 Å². The zero-order valence-corrected chi connectivity index (χ0v) is 14.9. The largest absolute Gasteiger partial charge is 0.374 e. The number of nitrogens with zero attached hydrogens (tertiary/aromatic N) is 3. The highest BCUT2D eigenvalue weighted by Crippen LogP contribution is 2.12. The normalized spacial score (nSPS) is 15.3. The predicted octanol–water partition coefficient (Wildman–Crippen LogP) is 2.99. The molecule has 138 valence electrons. The molecule has 1 aliphatic heterocycles. The molecule has 0 saturated carbocycles. The lowest BCUT2D eigenvalue weighted by Gasteiger charge is -2.34. The Morgan fingerprint density at radius 2 is 1.74 bits per heavy atom. The van der Waals surface area contributed by atoms with Crippen LogP contribution in [0.3, 0.4) is 0 Å². The van der Waals surface area contributed by atoms with Crippen LogP contribution in [-0.4, -0.2) is 41.9 Å². The summed E-state index contributed by atoms with van der Waals surface area (Å²) in [7, 11) is 0. The van der Waals surface area contributed by atoms with Crippen molar-refractivity contribution in [3.63, 3.8) is 0 Å². The van der Waals surface area contributed by atoms with Crippen molar-refractivity contribution in [2.75, 3.05) is 31.5 Å². The quantitative estimate of drug-likeness (QED) is 0.655. The van der Waals surface area contributed by atoms with Gasteiger partial charge in [0.2, 0.25) is 0 Å². The number of nitriles is 1. The van der Waals surface area contributed by atoms with E-state index in [1.54, 1.807) is 6.20 Å². The van der Waals surface area contributed by atoms with Crippen LogP contribution < -0.4 is 5.32 Å². The first-order valence-corrected chi connectivity index (χ1v) is 8.83. The molecule has 27 heavy (non-hydrogen) atoms. The van der Waals surface area contributed by atoms with Gasteiger partial charge in [0.15, 0.2) is 0 Å². The number of hydrogen-bond acceptors (Lipinski definition) is 4. The number of piperazine rings is 1. The first-order valence-electron chi connectivity index (χ1n) is 8.83. The molecule has 0 spiro atoms. The van der Waals surface area contributed by atoms with Gasteiger partial charge in [-0.15, -0.1) is 0 Å². The predicted molar refractivity (Wildman–Crippen MR) is 102 cm³/mol. The summed E-state index contributed by atoms with van der Waals surface area (Å²) in [5.41, 5.74) is 1.77. The van der Waals surface area contributed by atoms with Gasteiger partial charge in [0, 0.05) is 44.6 Å². The van der Waals surface area contributed by atoms with Gasteiger partial charge >= 0.3 is 0 Å². The molecule has 2 aromatic rings. The molecule has 1 fully saturated rings. The van der Waals surface area contributed by atoms with E-state index in [0.29, 0.717) is 5.69 Å². The molecular formula is C21H21FN4O. The standard InChI is InChI=1S/C21H21FN4O/c22-19-6-8-20(9-7-19)24-21(27)18(14-23)16-26-12-10-25(11-13-26)15-17-4-2-1-3-5-17/h1-9,16H,10-13,15H2,(H,24,27)/b18-16-. The van der Waals surface area contributed by atoms with Crippen LogP contribution in [0.2, 0.25) is 0 Å². The van der Waals surface area contributed by atoms with Crippen LogP contribution in [0, 0.1) is 17.1 Å². The van der Waals surface area contributed by atoms with Crippen LogP contribution in [0.15, 0.2) is 66.4 Å². The second-order valence-corrected chi connectivity index (χ2v) is 6.41. The Morgan fingerprint density at radius 3 is 2.37 bits per heavy atom. The molecule has 0 aliphatic carbocycles. The molecule has 0 unspecified atom stereocenters. The van der Waals surface area contributed by atoms with Gasteiger partial charge in [0.25, 0.3) is 5.91 Å². The summed E-state index contributed by atoms with van der Waals surface area (Å²) >= 11 is 0. The number of anilines is 1. The van der Waals surface area contributed by atoms with E-state index in [2.05, 4.69) is 22.3 Å². The highest BCUT2D eigenvalue weighted by Gasteiger charge is 2.17. The van der Waals surface area contributed by atoms with Crippen LogP contribution in [0.1, 0.15) is 5.56 Å². The number of hydrogen-bond donors (Lipinski definition) is 1. The van der Waals surface area contributed by atoms with Crippen LogP contribution in [0.4, 0.5) is 10.1 Å². The van der Waals surface area contributed by atoms with Crippen molar-refractivity contribution < 1.29 is 9.18 Å². The molecule has 0 aromatic heterocycles. The maximum atomic E-state index is 12.9. The summed E-state index contributed by atoms with van der Waals surface area (Å²) in [5, 5.41) is 11.9. The molecule has 0 atom stereocenters. The molecular weight excluding hydrogens is 343 g/mol. The van der Waals surface area contributed by atoms with E-state index in [4.69, 9.17) is 0 Å². The first kappa shape index (κ1) is 18.6. The fourth-order valence-corrected chi connectivity index (χ4v) is 2.94. The van der Waals surface area contributed by atoms with Crippen molar-refractivity contribution in [3.05, 3.63) is 77.8 Å². The van der Waals surface area contributed by atoms with Crippen molar-refractivity contribution in [1.82, 2.24) is 9.80 Å². The van der Waals surface area contributed by atoms with E-state index in [-0.39, 0.29) is 11.4 Å². The van der Waals surface area contributed by atoms with Gasteiger partial charge in [0.05, 0.1) is 0 Å². The number of nitrogens with one attached hydrogen (secondary N) is 1. The SMILES string of the molecule is N#C/C(=C/N1CCN(Cc2ccccc2)CC1)C(=O)Nc1ccc(F)cc1. The lowest BCUT2D eigenvalue weighted by atomic mass is 10.2. The summed E-state index contributed by atoms with van der Waals surface area (Å²) in [6, 6.07) is 17.7. The Kier molecular flexibility index (Phi) is 6.18. The number of carbonyl (C=O) groups excluding carboxylic acids is 1. The number of carbonyl (C=O) groups is 1. The summed E-state index contributed by atoms with van der Waals surface area (Å²) in [6.07, 6.45) is 1.61. The second kappa shape index (κ2) is 8.97. The zero-order chi connectivity index (χ0) is 19.1. The molecule has 0 bridgehead atoms. The van der Waals surface area contributed by atoms with E-state index in [1.165, 1.54) is 29.8 Å². The van der Waals surface area contributed by atoms with Crippen molar-refractivity contribution in [2.24, 2.45) is 0 Å². The van der Waals surface area contributed by atoms with Crippen molar-refractivity contribution in [2.45, 2.75) is 6.54 Å². The highest BCUT2D eigenvalue weighted by molar-refractivity contribution is 6.06. The van der Waals surface area contributed by atoms with Gasteiger partial charge in [-0.1, -0.05) is 30.3 Å². The van der Waals surface area contributed by atoms with Crippen LogP contribution in [-0.2, 0) is 11.3 Å². The third kappa shape index (κ3) is 5.40. The average Bonchev–Trinajstić information content (AvgIpc) is 2.70. The van der Waals surface area contributed by atoms with Crippen LogP contribution in [0.25, 0.3) is 0 Å². The monoisotopic (exact) mass is 364 g/mol. The minimum Gasteiger partial charge on any atom is -0.374 e. The molecule has 1 N–H and O–H groups in total. The molecule has 5 nitrogen and oxygen atoms in total. The molecule has 1 amide bonds. The number of benzene rings is 2. The van der Waals surface area contributed by atoms with E-state index >= 15 is 0 Å². The van der Waals surface area contributed by atoms with Gasteiger partial charge in [0.1, 0.15) is 17.5 Å². The fourth-order valence-electron chi connectivity index (χ4n) is 2.94. The Morgan fingerprint density at radius 1 is 1.07 bits per heavy atom. The van der Waals surface area contributed by atoms with Crippen molar-refractivity contribution >= 4 is 11.6 Å². The second-order valence-electron chi connectivity index (χ2n) is 6.41. The van der Waals surface area contributed by atoms with E-state index in [1.807, 2.05) is 29.2 Å². The zero-order valence-electron chi connectivity index (χ0n) is 14.9. The number of amides is 1. The summed E-state index contributed by atoms with van der Waals surface area (Å²) in [5.74, 6) is -0.867. The Balaban J connectivity index is 1.54. The first-order chi connectivity index (χ1) is 13.1. The molecule has 0 radical (unpaired) electrons. The topological polar surface area (TPSA) is 59.4 Å². The molecule has 6 heteroatoms. The fraction of sp³-hybridized carbons (Fsp3) is 0.238. The lowest BCUT2D eigenvalue weighted by molar-refractivity contribution is -0.112. The third-order valence-corrected chi connectivity index (χ3v) is 4.43. The number of halogens is 1.